The van der Waals surface area contributed by atoms with E-state index in [-0.39, 0.29) is 0 Å². The first-order valence-corrected chi connectivity index (χ1v) is 8.27. The van der Waals surface area contributed by atoms with Crippen molar-refractivity contribution >= 4 is 33.9 Å². The number of aryl methyl sites for hydroxylation is 1. The van der Waals surface area contributed by atoms with Crippen LogP contribution in [0.2, 0.25) is 0 Å². The third kappa shape index (κ3) is 5.67. The van der Waals surface area contributed by atoms with Gasteiger partial charge in [0.2, 0.25) is 0 Å². The zero-order valence-corrected chi connectivity index (χ0v) is 13.6. The molecule has 0 aliphatic heterocycles. The molecule has 0 radical (unpaired) electrons. The molecule has 1 heterocycles. The number of rotatable bonds is 7. The second-order valence-corrected chi connectivity index (χ2v) is 7.92. The Morgan fingerprint density at radius 2 is 1.94 bits per heavy atom. The van der Waals surface area contributed by atoms with Gasteiger partial charge in [0.05, 0.1) is 2.88 Å². The maximum absolute atomic E-state index is 2.46. The second kappa shape index (κ2) is 7.70. The van der Waals surface area contributed by atoms with Crippen molar-refractivity contribution in [3.8, 4) is 0 Å². The van der Waals surface area contributed by atoms with Crippen LogP contribution in [0.5, 0.6) is 0 Å². The summed E-state index contributed by atoms with van der Waals surface area (Å²) in [7, 11) is 0. The van der Waals surface area contributed by atoms with Crippen molar-refractivity contribution in [2.75, 3.05) is 0 Å². The highest BCUT2D eigenvalue weighted by molar-refractivity contribution is 14.1. The Kier molecular flexibility index (Phi) is 6.97. The lowest BCUT2D eigenvalue weighted by molar-refractivity contribution is 0.437. The van der Waals surface area contributed by atoms with E-state index in [2.05, 4.69) is 54.8 Å². The molecule has 0 aliphatic carbocycles. The molecule has 1 atom stereocenters. The van der Waals surface area contributed by atoms with Gasteiger partial charge in [-0.25, -0.2) is 0 Å². The van der Waals surface area contributed by atoms with Gasteiger partial charge >= 0.3 is 0 Å². The van der Waals surface area contributed by atoms with Gasteiger partial charge in [-0.05, 0) is 64.3 Å². The van der Waals surface area contributed by atoms with Crippen molar-refractivity contribution in [3.63, 3.8) is 0 Å². The molecule has 0 N–H and O–H groups in total. The minimum absolute atomic E-state index is 0.866. The Labute approximate surface area is 118 Å². The van der Waals surface area contributed by atoms with Gasteiger partial charge in [0.25, 0.3) is 0 Å². The molecule has 0 unspecified atom stereocenters. The molecule has 0 spiro atoms. The van der Waals surface area contributed by atoms with Gasteiger partial charge < -0.3 is 0 Å². The second-order valence-electron chi connectivity index (χ2n) is 5.19. The van der Waals surface area contributed by atoms with E-state index in [1.807, 2.05) is 11.3 Å². The quantitative estimate of drug-likeness (QED) is 0.550. The van der Waals surface area contributed by atoms with Crippen LogP contribution in [-0.4, -0.2) is 0 Å². The van der Waals surface area contributed by atoms with Crippen molar-refractivity contribution < 1.29 is 0 Å². The van der Waals surface area contributed by atoms with Crippen LogP contribution in [0.25, 0.3) is 0 Å². The summed E-state index contributed by atoms with van der Waals surface area (Å²) < 4.78 is 1.48. The normalized spacial score (nSPS) is 13.3. The molecule has 2 heteroatoms. The molecule has 0 nitrogen and oxygen atoms in total. The van der Waals surface area contributed by atoms with E-state index in [1.54, 1.807) is 5.56 Å². The van der Waals surface area contributed by atoms with Crippen LogP contribution in [0.1, 0.15) is 52.0 Å². The summed E-state index contributed by atoms with van der Waals surface area (Å²) in [4.78, 5) is 0. The Balaban J connectivity index is 2.15. The lowest BCUT2D eigenvalue weighted by Crippen LogP contribution is -1.99. The monoisotopic (exact) mass is 350 g/mol. The highest BCUT2D eigenvalue weighted by Gasteiger charge is 2.06. The zero-order chi connectivity index (χ0) is 12.0. The van der Waals surface area contributed by atoms with E-state index in [0.29, 0.717) is 0 Å². The van der Waals surface area contributed by atoms with E-state index >= 15 is 0 Å². The highest BCUT2D eigenvalue weighted by Crippen LogP contribution is 2.23. The number of halogens is 1. The minimum Gasteiger partial charge on any atom is -0.137 e. The predicted octanol–water partition coefficient (Wildman–Crippen LogP) is 5.75. The van der Waals surface area contributed by atoms with Crippen LogP contribution in [0.3, 0.4) is 0 Å². The lowest BCUT2D eigenvalue weighted by Gasteiger charge is -2.11. The Morgan fingerprint density at radius 3 is 2.50 bits per heavy atom. The Hall–Kier alpha value is 0.430. The van der Waals surface area contributed by atoms with Gasteiger partial charge in [-0.3, -0.25) is 0 Å². The zero-order valence-electron chi connectivity index (χ0n) is 10.6. The molecule has 0 saturated carbocycles. The smallest absolute Gasteiger partial charge is 0.0685 e. The summed E-state index contributed by atoms with van der Waals surface area (Å²) in [6.07, 6.45) is 6.81. The van der Waals surface area contributed by atoms with Crippen molar-refractivity contribution in [1.29, 1.82) is 0 Å². The molecule has 1 aromatic heterocycles. The molecule has 0 bridgehead atoms. The summed E-state index contributed by atoms with van der Waals surface area (Å²) in [5.74, 6) is 1.75. The summed E-state index contributed by atoms with van der Waals surface area (Å²) in [5.41, 5.74) is 1.56. The standard InChI is InChI=1S/C14H23IS/c1-11(2)5-4-6-12(3)7-8-13-9-10-16-14(13)15/h9-12H,4-8H2,1-3H3/t12-/m0/s1. The molecule has 0 amide bonds. The molecule has 0 aromatic carbocycles. The summed E-state index contributed by atoms with van der Waals surface area (Å²) in [6.45, 7) is 7.04. The number of hydrogen-bond acceptors (Lipinski definition) is 1. The van der Waals surface area contributed by atoms with Crippen LogP contribution in [0.15, 0.2) is 11.4 Å². The minimum atomic E-state index is 0.866. The van der Waals surface area contributed by atoms with Gasteiger partial charge in [-0.1, -0.05) is 40.0 Å². The van der Waals surface area contributed by atoms with Gasteiger partial charge in [-0.15, -0.1) is 11.3 Å². The van der Waals surface area contributed by atoms with Gasteiger partial charge in [-0.2, -0.15) is 0 Å². The Morgan fingerprint density at radius 1 is 1.19 bits per heavy atom. The van der Waals surface area contributed by atoms with E-state index in [4.69, 9.17) is 0 Å². The van der Waals surface area contributed by atoms with E-state index in [1.165, 1.54) is 35.0 Å². The first-order chi connectivity index (χ1) is 7.59. The SMILES string of the molecule is CC(C)CCC[C@H](C)CCc1ccsc1I. The first-order valence-electron chi connectivity index (χ1n) is 6.31. The topological polar surface area (TPSA) is 0 Å². The van der Waals surface area contributed by atoms with Gasteiger partial charge in [0.1, 0.15) is 0 Å². The van der Waals surface area contributed by atoms with E-state index < -0.39 is 0 Å². The van der Waals surface area contributed by atoms with Crippen molar-refractivity contribution in [1.82, 2.24) is 0 Å². The fourth-order valence-electron chi connectivity index (χ4n) is 1.92. The van der Waals surface area contributed by atoms with Crippen molar-refractivity contribution in [3.05, 3.63) is 19.9 Å². The molecule has 0 fully saturated rings. The first kappa shape index (κ1) is 14.5. The molecular weight excluding hydrogens is 327 g/mol. The fraction of sp³-hybridized carbons (Fsp3) is 0.714. The maximum Gasteiger partial charge on any atom is 0.0685 e. The fourth-order valence-corrected chi connectivity index (χ4v) is 3.48. The predicted molar refractivity (Wildman–Crippen MR) is 83.2 cm³/mol. The van der Waals surface area contributed by atoms with Crippen LogP contribution in [0, 0.1) is 14.7 Å². The number of thiophene rings is 1. The van der Waals surface area contributed by atoms with Gasteiger partial charge in [0, 0.05) is 0 Å². The van der Waals surface area contributed by atoms with Gasteiger partial charge in [0.15, 0.2) is 0 Å². The molecule has 92 valence electrons. The molecular formula is C14H23IS. The summed E-state index contributed by atoms with van der Waals surface area (Å²) in [6, 6.07) is 2.28. The average Bonchev–Trinajstić information content (AvgIpc) is 2.60. The van der Waals surface area contributed by atoms with Crippen LogP contribution >= 0.6 is 33.9 Å². The third-order valence-corrected chi connectivity index (χ3v) is 5.27. The molecule has 1 rings (SSSR count). The summed E-state index contributed by atoms with van der Waals surface area (Å²) in [5, 5.41) is 2.21. The number of hydrogen-bond donors (Lipinski definition) is 0. The molecule has 0 aliphatic rings. The van der Waals surface area contributed by atoms with Crippen LogP contribution in [0.4, 0.5) is 0 Å². The van der Waals surface area contributed by atoms with Crippen molar-refractivity contribution in [2.24, 2.45) is 11.8 Å². The molecule has 16 heavy (non-hydrogen) atoms. The largest absolute Gasteiger partial charge is 0.137 e. The molecule has 0 saturated heterocycles. The maximum atomic E-state index is 2.46. The van der Waals surface area contributed by atoms with Crippen molar-refractivity contribution in [2.45, 2.75) is 52.9 Å². The average molecular weight is 350 g/mol. The third-order valence-electron chi connectivity index (χ3n) is 3.08. The molecule has 1 aromatic rings. The van der Waals surface area contributed by atoms with Crippen LogP contribution < -0.4 is 0 Å². The van der Waals surface area contributed by atoms with E-state index in [9.17, 15) is 0 Å². The Bertz CT molecular complexity index is 291. The van der Waals surface area contributed by atoms with E-state index in [0.717, 1.165) is 11.8 Å². The lowest BCUT2D eigenvalue weighted by atomic mass is 9.95. The van der Waals surface area contributed by atoms with Crippen LogP contribution in [-0.2, 0) is 6.42 Å². The summed E-state index contributed by atoms with van der Waals surface area (Å²) >= 11 is 4.32. The highest BCUT2D eigenvalue weighted by atomic mass is 127.